The number of aromatic nitrogens is 2. The fraction of sp³-hybridized carbons (Fsp3) is 0.273. The number of halogens is 2. The number of rotatable bonds is 9. The summed E-state index contributed by atoms with van der Waals surface area (Å²) < 4.78 is 26.6. The first kappa shape index (κ1) is 21.8. The van der Waals surface area contributed by atoms with Crippen molar-refractivity contribution in [3.63, 3.8) is 0 Å². The first-order valence-corrected chi connectivity index (χ1v) is 10.4. The van der Waals surface area contributed by atoms with Gasteiger partial charge < -0.3 is 14.8 Å². The highest BCUT2D eigenvalue weighted by Gasteiger charge is 2.13. The molecule has 0 unspecified atom stereocenters. The van der Waals surface area contributed by atoms with E-state index in [1.807, 2.05) is 32.0 Å². The fourth-order valence-corrected chi connectivity index (χ4v) is 3.32. The molecule has 0 bridgehead atoms. The minimum atomic E-state index is -0.282. The number of ether oxygens (including phenoxy) is 2. The van der Waals surface area contributed by atoms with Gasteiger partial charge in [0, 0.05) is 6.20 Å². The highest BCUT2D eigenvalue weighted by atomic mass is 79.9. The molecule has 1 N–H and O–H groups in total. The SMILES string of the molecule is CCOc1ccc(CC(=O)Nc2nn(Cc3ccc(F)cc3)cc2Br)cc1OCC. The maximum absolute atomic E-state index is 13.1. The molecule has 3 rings (SSSR count). The van der Waals surface area contributed by atoms with Crippen LogP contribution in [0.2, 0.25) is 0 Å². The zero-order chi connectivity index (χ0) is 21.5. The van der Waals surface area contributed by atoms with Crippen molar-refractivity contribution in [2.75, 3.05) is 18.5 Å². The van der Waals surface area contributed by atoms with Crippen LogP contribution in [0.4, 0.5) is 10.2 Å². The van der Waals surface area contributed by atoms with Gasteiger partial charge in [-0.2, -0.15) is 5.10 Å². The van der Waals surface area contributed by atoms with Crippen LogP contribution < -0.4 is 14.8 Å². The molecule has 1 aromatic heterocycles. The molecule has 1 amide bonds. The predicted octanol–water partition coefficient (Wildman–Crippen LogP) is 4.81. The third-order valence-corrected chi connectivity index (χ3v) is 4.79. The maximum atomic E-state index is 13.1. The van der Waals surface area contributed by atoms with E-state index >= 15 is 0 Å². The summed E-state index contributed by atoms with van der Waals surface area (Å²) in [5.41, 5.74) is 1.71. The molecule has 1 heterocycles. The summed E-state index contributed by atoms with van der Waals surface area (Å²) in [5.74, 6) is 1.22. The Balaban J connectivity index is 1.65. The number of benzene rings is 2. The van der Waals surface area contributed by atoms with E-state index in [4.69, 9.17) is 9.47 Å². The number of nitrogens with one attached hydrogen (secondary N) is 1. The van der Waals surface area contributed by atoms with Crippen molar-refractivity contribution < 1.29 is 18.7 Å². The van der Waals surface area contributed by atoms with E-state index in [2.05, 4.69) is 26.3 Å². The van der Waals surface area contributed by atoms with Crippen molar-refractivity contribution in [1.29, 1.82) is 0 Å². The first-order valence-electron chi connectivity index (χ1n) is 9.64. The molecule has 2 aromatic carbocycles. The normalized spacial score (nSPS) is 10.7. The summed E-state index contributed by atoms with van der Waals surface area (Å²) in [6.07, 6.45) is 1.94. The second-order valence-corrected chi connectivity index (χ2v) is 7.38. The lowest BCUT2D eigenvalue weighted by Crippen LogP contribution is -2.15. The van der Waals surface area contributed by atoms with Crippen LogP contribution in [0, 0.1) is 5.82 Å². The molecule has 6 nitrogen and oxygen atoms in total. The van der Waals surface area contributed by atoms with Crippen molar-refractivity contribution >= 4 is 27.7 Å². The molecule has 0 saturated carbocycles. The van der Waals surface area contributed by atoms with E-state index < -0.39 is 0 Å². The molecule has 0 aliphatic rings. The van der Waals surface area contributed by atoms with E-state index in [-0.39, 0.29) is 18.1 Å². The summed E-state index contributed by atoms with van der Waals surface area (Å²) in [5, 5.41) is 7.21. The number of hydrogen-bond donors (Lipinski definition) is 1. The van der Waals surface area contributed by atoms with Crippen LogP contribution in [0.3, 0.4) is 0 Å². The number of anilines is 1. The molecule has 0 saturated heterocycles. The fourth-order valence-electron chi connectivity index (χ4n) is 2.91. The maximum Gasteiger partial charge on any atom is 0.230 e. The Morgan fingerprint density at radius 2 is 1.73 bits per heavy atom. The number of hydrogen-bond acceptors (Lipinski definition) is 4. The highest BCUT2D eigenvalue weighted by Crippen LogP contribution is 2.29. The van der Waals surface area contributed by atoms with Crippen LogP contribution in [-0.2, 0) is 17.8 Å². The molecule has 0 radical (unpaired) electrons. The van der Waals surface area contributed by atoms with Gasteiger partial charge >= 0.3 is 0 Å². The summed E-state index contributed by atoms with van der Waals surface area (Å²) in [4.78, 5) is 12.5. The molecular formula is C22H23BrFN3O3. The lowest BCUT2D eigenvalue weighted by atomic mass is 10.1. The zero-order valence-electron chi connectivity index (χ0n) is 16.8. The summed E-state index contributed by atoms with van der Waals surface area (Å²) in [7, 11) is 0. The van der Waals surface area contributed by atoms with Gasteiger partial charge in [-0.3, -0.25) is 9.48 Å². The number of carbonyl (C=O) groups excluding carboxylic acids is 1. The van der Waals surface area contributed by atoms with Crippen molar-refractivity contribution in [3.05, 3.63) is 70.1 Å². The smallest absolute Gasteiger partial charge is 0.230 e. The van der Waals surface area contributed by atoms with Crippen LogP contribution in [0.1, 0.15) is 25.0 Å². The Bertz CT molecular complexity index is 1010. The van der Waals surface area contributed by atoms with Crippen molar-refractivity contribution in [2.24, 2.45) is 0 Å². The minimum Gasteiger partial charge on any atom is -0.490 e. The Morgan fingerprint density at radius 1 is 1.07 bits per heavy atom. The van der Waals surface area contributed by atoms with Crippen molar-refractivity contribution in [2.45, 2.75) is 26.8 Å². The standard InChI is InChI=1S/C22H23BrFN3O3/c1-3-29-19-10-7-16(11-20(19)30-4-2)12-21(28)25-22-18(23)14-27(26-22)13-15-5-8-17(24)9-6-15/h5-11,14H,3-4,12-13H2,1-2H3,(H,25,26,28). The largest absolute Gasteiger partial charge is 0.490 e. The summed E-state index contributed by atoms with van der Waals surface area (Å²) >= 11 is 3.42. The monoisotopic (exact) mass is 475 g/mol. The van der Waals surface area contributed by atoms with E-state index in [1.54, 1.807) is 23.0 Å². The first-order chi connectivity index (χ1) is 14.5. The van der Waals surface area contributed by atoms with Gasteiger partial charge in [0.25, 0.3) is 0 Å². The van der Waals surface area contributed by atoms with Crippen molar-refractivity contribution in [3.8, 4) is 11.5 Å². The van der Waals surface area contributed by atoms with Crippen LogP contribution in [-0.4, -0.2) is 28.9 Å². The van der Waals surface area contributed by atoms with E-state index in [0.717, 1.165) is 11.1 Å². The highest BCUT2D eigenvalue weighted by molar-refractivity contribution is 9.10. The molecule has 158 valence electrons. The van der Waals surface area contributed by atoms with E-state index in [9.17, 15) is 9.18 Å². The Labute approximate surface area is 183 Å². The lowest BCUT2D eigenvalue weighted by molar-refractivity contribution is -0.115. The molecule has 0 aliphatic heterocycles. The topological polar surface area (TPSA) is 65.4 Å². The summed E-state index contributed by atoms with van der Waals surface area (Å²) in [6, 6.07) is 11.7. The van der Waals surface area contributed by atoms with Crippen LogP contribution in [0.15, 0.2) is 53.1 Å². The van der Waals surface area contributed by atoms with E-state index in [0.29, 0.717) is 41.5 Å². The van der Waals surface area contributed by atoms with Crippen LogP contribution in [0.25, 0.3) is 0 Å². The predicted molar refractivity (Wildman–Crippen MR) is 117 cm³/mol. The molecular weight excluding hydrogens is 453 g/mol. The number of nitrogens with zero attached hydrogens (tertiary/aromatic N) is 2. The Morgan fingerprint density at radius 3 is 2.43 bits per heavy atom. The van der Waals surface area contributed by atoms with Crippen LogP contribution >= 0.6 is 15.9 Å². The minimum absolute atomic E-state index is 0.170. The van der Waals surface area contributed by atoms with Gasteiger partial charge in [-0.25, -0.2) is 4.39 Å². The molecule has 0 atom stereocenters. The van der Waals surface area contributed by atoms with Gasteiger partial charge in [0.15, 0.2) is 17.3 Å². The summed E-state index contributed by atoms with van der Waals surface area (Å²) in [6.45, 7) is 5.31. The van der Waals surface area contributed by atoms with E-state index in [1.165, 1.54) is 12.1 Å². The molecule has 3 aromatic rings. The number of carbonyl (C=O) groups is 1. The van der Waals surface area contributed by atoms with Gasteiger partial charge in [-0.05, 0) is 65.2 Å². The van der Waals surface area contributed by atoms with Crippen molar-refractivity contribution in [1.82, 2.24) is 9.78 Å². The van der Waals surface area contributed by atoms with Gasteiger partial charge in [0.2, 0.25) is 5.91 Å². The zero-order valence-corrected chi connectivity index (χ0v) is 18.4. The molecule has 8 heteroatoms. The molecule has 0 fully saturated rings. The quantitative estimate of drug-likeness (QED) is 0.482. The average molecular weight is 476 g/mol. The second-order valence-electron chi connectivity index (χ2n) is 6.52. The van der Waals surface area contributed by atoms with Gasteiger partial charge in [0.1, 0.15) is 5.82 Å². The van der Waals surface area contributed by atoms with Gasteiger partial charge in [-0.15, -0.1) is 0 Å². The molecule has 30 heavy (non-hydrogen) atoms. The lowest BCUT2D eigenvalue weighted by Gasteiger charge is -2.12. The third kappa shape index (κ3) is 5.82. The molecule has 0 aliphatic carbocycles. The Hall–Kier alpha value is -2.87. The average Bonchev–Trinajstić information content (AvgIpc) is 3.04. The van der Waals surface area contributed by atoms with Crippen LogP contribution in [0.5, 0.6) is 11.5 Å². The molecule has 0 spiro atoms. The third-order valence-electron chi connectivity index (χ3n) is 4.21. The number of amides is 1. The Kier molecular flexibility index (Phi) is 7.46. The second kappa shape index (κ2) is 10.2. The van der Waals surface area contributed by atoms with Gasteiger partial charge in [-0.1, -0.05) is 18.2 Å². The van der Waals surface area contributed by atoms with Gasteiger partial charge in [0.05, 0.1) is 30.7 Å².